The fourth-order valence-corrected chi connectivity index (χ4v) is 2.31. The summed E-state index contributed by atoms with van der Waals surface area (Å²) in [7, 11) is 1.61. The lowest BCUT2D eigenvalue weighted by atomic mass is 10.2. The lowest BCUT2D eigenvalue weighted by molar-refractivity contribution is 0.113. The van der Waals surface area contributed by atoms with E-state index in [0.29, 0.717) is 29.9 Å². The van der Waals surface area contributed by atoms with Crippen molar-refractivity contribution >= 4 is 17.3 Å². The predicted octanol–water partition coefficient (Wildman–Crippen LogP) is 4.42. The summed E-state index contributed by atoms with van der Waals surface area (Å²) >= 11 is 0. The minimum atomic E-state index is 0.165. The highest BCUT2D eigenvalue weighted by Gasteiger charge is 2.07. The quantitative estimate of drug-likeness (QED) is 0.442. The van der Waals surface area contributed by atoms with E-state index >= 15 is 0 Å². The molecule has 1 heterocycles. The van der Waals surface area contributed by atoms with Gasteiger partial charge in [-0.2, -0.15) is 0 Å². The molecule has 0 atom stereocenters. The maximum Gasteiger partial charge on any atom is 0.236 e. The molecule has 0 fully saturated rings. The van der Waals surface area contributed by atoms with E-state index in [1.54, 1.807) is 13.3 Å². The number of oxazole rings is 1. The first kappa shape index (κ1) is 17.8. The molecule has 26 heavy (non-hydrogen) atoms. The minimum Gasteiger partial charge on any atom is -0.493 e. The highest BCUT2D eigenvalue weighted by atomic mass is 16.6. The second-order valence-electron chi connectivity index (χ2n) is 6.20. The molecule has 0 saturated carbocycles. The van der Waals surface area contributed by atoms with Crippen LogP contribution < -0.4 is 9.47 Å². The van der Waals surface area contributed by atoms with Crippen molar-refractivity contribution in [3.63, 3.8) is 0 Å². The van der Waals surface area contributed by atoms with Gasteiger partial charge in [-0.1, -0.05) is 31.1 Å². The summed E-state index contributed by atoms with van der Waals surface area (Å²) in [6.07, 6.45) is 1.61. The summed E-state index contributed by atoms with van der Waals surface area (Å²) in [6.45, 7) is 5.00. The van der Waals surface area contributed by atoms with Gasteiger partial charge in [0.1, 0.15) is 5.52 Å². The van der Waals surface area contributed by atoms with Crippen molar-refractivity contribution in [3.8, 4) is 11.5 Å². The zero-order valence-corrected chi connectivity index (χ0v) is 15.1. The summed E-state index contributed by atoms with van der Waals surface area (Å²) in [5.41, 5.74) is 2.38. The molecule has 0 aliphatic heterocycles. The van der Waals surface area contributed by atoms with Gasteiger partial charge in [-0.15, -0.1) is 0 Å². The fourth-order valence-electron chi connectivity index (χ4n) is 2.31. The number of ether oxygens (including phenoxy) is 2. The number of oxime groups is 1. The van der Waals surface area contributed by atoms with Crippen LogP contribution in [0.25, 0.3) is 11.1 Å². The molecule has 0 saturated heterocycles. The van der Waals surface area contributed by atoms with Crippen molar-refractivity contribution in [1.29, 1.82) is 0 Å². The van der Waals surface area contributed by atoms with Gasteiger partial charge < -0.3 is 18.7 Å². The molecule has 6 nitrogen and oxygen atoms in total. The molecule has 0 aliphatic rings. The zero-order valence-electron chi connectivity index (χ0n) is 15.1. The van der Waals surface area contributed by atoms with E-state index in [1.807, 2.05) is 42.5 Å². The Balaban J connectivity index is 1.59. The van der Waals surface area contributed by atoms with E-state index in [2.05, 4.69) is 24.0 Å². The smallest absolute Gasteiger partial charge is 0.236 e. The largest absolute Gasteiger partial charge is 0.493 e. The average molecular weight is 354 g/mol. The van der Waals surface area contributed by atoms with Crippen LogP contribution in [0.2, 0.25) is 0 Å². The standard InChI is InChI=1S/C20H22N2O4/c1-14(2)12-24-18-9-8-15(10-19(18)23-3)11-21-25-13-20-22-16-6-4-5-7-17(16)26-20/h4-11,14H,12-13H2,1-3H3/b21-11-. The van der Waals surface area contributed by atoms with Gasteiger partial charge in [-0.25, -0.2) is 4.98 Å². The van der Waals surface area contributed by atoms with Crippen LogP contribution in [0.1, 0.15) is 25.3 Å². The molecule has 6 heteroatoms. The lowest BCUT2D eigenvalue weighted by Crippen LogP contribution is -2.05. The molecular weight excluding hydrogens is 332 g/mol. The number of hydrogen-bond donors (Lipinski definition) is 0. The van der Waals surface area contributed by atoms with Gasteiger partial charge in [0.2, 0.25) is 5.89 Å². The Labute approximate surface area is 152 Å². The number of aromatic nitrogens is 1. The first-order chi connectivity index (χ1) is 12.7. The van der Waals surface area contributed by atoms with Crippen LogP contribution in [0.3, 0.4) is 0 Å². The first-order valence-electron chi connectivity index (χ1n) is 8.46. The molecule has 0 bridgehead atoms. The van der Waals surface area contributed by atoms with Gasteiger partial charge in [0.15, 0.2) is 23.7 Å². The molecule has 0 spiro atoms. The number of rotatable bonds is 8. The van der Waals surface area contributed by atoms with E-state index in [0.717, 1.165) is 16.7 Å². The average Bonchev–Trinajstić information content (AvgIpc) is 3.06. The van der Waals surface area contributed by atoms with Crippen LogP contribution in [0, 0.1) is 5.92 Å². The Bertz CT molecular complexity index is 853. The van der Waals surface area contributed by atoms with E-state index < -0.39 is 0 Å². The van der Waals surface area contributed by atoms with Crippen LogP contribution in [0.5, 0.6) is 11.5 Å². The fraction of sp³-hybridized carbons (Fsp3) is 0.300. The molecule has 0 radical (unpaired) electrons. The number of fused-ring (bicyclic) bond motifs is 1. The van der Waals surface area contributed by atoms with Crippen molar-refractivity contribution < 1.29 is 18.7 Å². The molecule has 0 amide bonds. The number of nitrogens with zero attached hydrogens (tertiary/aromatic N) is 2. The van der Waals surface area contributed by atoms with E-state index in [9.17, 15) is 0 Å². The highest BCUT2D eigenvalue weighted by molar-refractivity contribution is 5.80. The molecule has 2 aromatic carbocycles. The molecule has 1 aromatic heterocycles. The Morgan fingerprint density at radius 3 is 2.77 bits per heavy atom. The molecular formula is C20H22N2O4. The Hall–Kier alpha value is -3.02. The summed E-state index contributed by atoms with van der Waals surface area (Å²) < 4.78 is 16.7. The van der Waals surface area contributed by atoms with Crippen LogP contribution in [0.15, 0.2) is 52.0 Å². The number of para-hydroxylation sites is 2. The maximum absolute atomic E-state index is 5.74. The molecule has 0 N–H and O–H groups in total. The van der Waals surface area contributed by atoms with Gasteiger partial charge >= 0.3 is 0 Å². The zero-order chi connectivity index (χ0) is 18.4. The second-order valence-corrected chi connectivity index (χ2v) is 6.20. The first-order valence-corrected chi connectivity index (χ1v) is 8.46. The van der Waals surface area contributed by atoms with Gasteiger partial charge in [0.25, 0.3) is 0 Å². The lowest BCUT2D eigenvalue weighted by Gasteiger charge is -2.12. The Morgan fingerprint density at radius 2 is 2.00 bits per heavy atom. The summed E-state index contributed by atoms with van der Waals surface area (Å²) in [5.74, 6) is 2.30. The molecule has 0 aliphatic carbocycles. The van der Waals surface area contributed by atoms with Crippen LogP contribution in [-0.4, -0.2) is 24.9 Å². The topological polar surface area (TPSA) is 66.1 Å². The third kappa shape index (κ3) is 4.53. The maximum atomic E-state index is 5.74. The molecule has 0 unspecified atom stereocenters. The van der Waals surface area contributed by atoms with Gasteiger partial charge in [-0.3, -0.25) is 0 Å². The summed E-state index contributed by atoms with van der Waals surface area (Å²) in [5, 5.41) is 3.96. The molecule has 3 aromatic rings. The van der Waals surface area contributed by atoms with Crippen molar-refractivity contribution in [2.45, 2.75) is 20.5 Å². The normalized spacial score (nSPS) is 11.4. The van der Waals surface area contributed by atoms with Crippen molar-refractivity contribution in [2.24, 2.45) is 11.1 Å². The van der Waals surface area contributed by atoms with Crippen LogP contribution >= 0.6 is 0 Å². The van der Waals surface area contributed by atoms with Gasteiger partial charge in [-0.05, 0) is 36.2 Å². The van der Waals surface area contributed by atoms with Crippen molar-refractivity contribution in [1.82, 2.24) is 4.98 Å². The third-order valence-corrected chi connectivity index (χ3v) is 3.56. The van der Waals surface area contributed by atoms with Gasteiger partial charge in [0.05, 0.1) is 19.9 Å². The summed E-state index contributed by atoms with van der Waals surface area (Å²) in [6, 6.07) is 13.2. The predicted molar refractivity (Wildman–Crippen MR) is 99.7 cm³/mol. The van der Waals surface area contributed by atoms with Gasteiger partial charge in [0, 0.05) is 5.56 Å². The highest BCUT2D eigenvalue weighted by Crippen LogP contribution is 2.28. The number of benzene rings is 2. The van der Waals surface area contributed by atoms with E-state index in [-0.39, 0.29) is 6.61 Å². The van der Waals surface area contributed by atoms with Crippen LogP contribution in [-0.2, 0) is 11.4 Å². The SMILES string of the molecule is COc1cc(/C=N\OCc2nc3ccccc3o2)ccc1OCC(C)C. The number of methoxy groups -OCH3 is 1. The Morgan fingerprint density at radius 1 is 1.15 bits per heavy atom. The van der Waals surface area contributed by atoms with Crippen LogP contribution in [0.4, 0.5) is 0 Å². The monoisotopic (exact) mass is 354 g/mol. The Kier molecular flexibility index (Phi) is 5.73. The summed E-state index contributed by atoms with van der Waals surface area (Å²) in [4.78, 5) is 9.61. The molecule has 136 valence electrons. The van der Waals surface area contributed by atoms with E-state index in [4.69, 9.17) is 18.7 Å². The van der Waals surface area contributed by atoms with E-state index in [1.165, 1.54) is 0 Å². The molecule has 3 rings (SSSR count). The number of hydrogen-bond acceptors (Lipinski definition) is 6. The minimum absolute atomic E-state index is 0.165. The second kappa shape index (κ2) is 8.38. The van der Waals surface area contributed by atoms with Crippen molar-refractivity contribution in [3.05, 3.63) is 53.9 Å². The third-order valence-electron chi connectivity index (χ3n) is 3.56. The van der Waals surface area contributed by atoms with Crippen molar-refractivity contribution in [2.75, 3.05) is 13.7 Å².